The van der Waals surface area contributed by atoms with Gasteiger partial charge >= 0.3 is 0 Å². The summed E-state index contributed by atoms with van der Waals surface area (Å²) in [4.78, 5) is 27.3. The molecule has 6 nitrogen and oxygen atoms in total. The molecule has 0 unspecified atom stereocenters. The summed E-state index contributed by atoms with van der Waals surface area (Å²) in [6.07, 6.45) is 1.56. The molecule has 0 atom stereocenters. The molecule has 3 aromatic rings. The maximum atomic E-state index is 13.2. The molecule has 2 amide bonds. The molecular weight excluding hydrogens is 443 g/mol. The Bertz CT molecular complexity index is 1250. The third-order valence-corrected chi connectivity index (χ3v) is 5.65. The van der Waals surface area contributed by atoms with Gasteiger partial charge < -0.3 is 15.5 Å². The minimum absolute atomic E-state index is 0.0831. The van der Waals surface area contributed by atoms with E-state index in [0.29, 0.717) is 34.1 Å². The zero-order valence-electron chi connectivity index (χ0n) is 17.6. The standard InChI is InChI=1S/C25H20ClFN4O2/c26-18-9-6-17(14-28)22(13-18)29-24(32)15-31-12-2-3-20-21(4-1-5-23(20)31)30-25(33)16-7-10-19(27)11-8-16/h1,4-11,13H,2-3,12,15H2,(H,29,32)(H,30,33). The van der Waals surface area contributed by atoms with E-state index in [-0.39, 0.29) is 18.4 Å². The molecule has 0 aliphatic carbocycles. The highest BCUT2D eigenvalue weighted by Crippen LogP contribution is 2.33. The zero-order chi connectivity index (χ0) is 23.4. The van der Waals surface area contributed by atoms with Crippen molar-refractivity contribution in [2.75, 3.05) is 28.6 Å². The van der Waals surface area contributed by atoms with Crippen molar-refractivity contribution < 1.29 is 14.0 Å². The van der Waals surface area contributed by atoms with Crippen LogP contribution in [-0.4, -0.2) is 24.9 Å². The number of hydrogen-bond donors (Lipinski definition) is 2. The lowest BCUT2D eigenvalue weighted by atomic mass is 9.99. The maximum Gasteiger partial charge on any atom is 0.255 e. The number of carbonyl (C=O) groups is 2. The van der Waals surface area contributed by atoms with Gasteiger partial charge in [-0.3, -0.25) is 9.59 Å². The van der Waals surface area contributed by atoms with Gasteiger partial charge in [0.1, 0.15) is 11.9 Å². The number of nitrogens with one attached hydrogen (secondary N) is 2. The van der Waals surface area contributed by atoms with E-state index in [0.717, 1.165) is 24.1 Å². The highest BCUT2D eigenvalue weighted by Gasteiger charge is 2.22. The zero-order valence-corrected chi connectivity index (χ0v) is 18.3. The number of nitrogens with zero attached hydrogens (tertiary/aromatic N) is 2. The Morgan fingerprint density at radius 3 is 2.61 bits per heavy atom. The first-order chi connectivity index (χ1) is 15.9. The van der Waals surface area contributed by atoms with Crippen LogP contribution in [0.2, 0.25) is 5.02 Å². The predicted octanol–water partition coefficient (Wildman–Crippen LogP) is 4.99. The van der Waals surface area contributed by atoms with E-state index in [2.05, 4.69) is 10.6 Å². The van der Waals surface area contributed by atoms with Crippen LogP contribution in [0.4, 0.5) is 21.5 Å². The predicted molar refractivity (Wildman–Crippen MR) is 126 cm³/mol. The van der Waals surface area contributed by atoms with Gasteiger partial charge in [0.15, 0.2) is 0 Å². The number of rotatable bonds is 5. The fourth-order valence-electron chi connectivity index (χ4n) is 3.86. The molecular formula is C25H20ClFN4O2. The summed E-state index contributed by atoms with van der Waals surface area (Å²) >= 11 is 6.00. The summed E-state index contributed by atoms with van der Waals surface area (Å²) in [6.45, 7) is 0.760. The number of hydrogen-bond acceptors (Lipinski definition) is 4. The second-order valence-electron chi connectivity index (χ2n) is 7.64. The van der Waals surface area contributed by atoms with E-state index in [4.69, 9.17) is 11.6 Å². The highest BCUT2D eigenvalue weighted by atomic mass is 35.5. The molecule has 0 saturated heterocycles. The Balaban J connectivity index is 1.51. The lowest BCUT2D eigenvalue weighted by molar-refractivity contribution is -0.115. The van der Waals surface area contributed by atoms with Gasteiger partial charge in [-0.15, -0.1) is 0 Å². The van der Waals surface area contributed by atoms with Crippen molar-refractivity contribution in [3.63, 3.8) is 0 Å². The molecule has 1 heterocycles. The third-order valence-electron chi connectivity index (χ3n) is 5.41. The van der Waals surface area contributed by atoms with Crippen molar-refractivity contribution in [1.29, 1.82) is 5.26 Å². The quantitative estimate of drug-likeness (QED) is 0.559. The fraction of sp³-hybridized carbons (Fsp3) is 0.160. The van der Waals surface area contributed by atoms with Crippen LogP contribution in [0.1, 0.15) is 27.9 Å². The molecule has 33 heavy (non-hydrogen) atoms. The highest BCUT2D eigenvalue weighted by molar-refractivity contribution is 6.31. The normalized spacial score (nSPS) is 12.5. The van der Waals surface area contributed by atoms with Gasteiger partial charge in [0.2, 0.25) is 5.91 Å². The van der Waals surface area contributed by atoms with Crippen LogP contribution in [0, 0.1) is 17.1 Å². The number of anilines is 3. The second kappa shape index (κ2) is 9.72. The minimum Gasteiger partial charge on any atom is -0.362 e. The molecule has 0 bridgehead atoms. The van der Waals surface area contributed by atoms with Gasteiger partial charge in [0, 0.05) is 28.5 Å². The smallest absolute Gasteiger partial charge is 0.255 e. The van der Waals surface area contributed by atoms with E-state index in [1.807, 2.05) is 29.2 Å². The van der Waals surface area contributed by atoms with E-state index < -0.39 is 5.82 Å². The van der Waals surface area contributed by atoms with Gasteiger partial charge in [-0.1, -0.05) is 17.7 Å². The van der Waals surface area contributed by atoms with E-state index in [1.165, 1.54) is 24.3 Å². The first kappa shape index (κ1) is 22.3. The number of carbonyl (C=O) groups excluding carboxylic acids is 2. The SMILES string of the molecule is N#Cc1ccc(Cl)cc1NC(=O)CN1CCCc2c(NC(=O)c3ccc(F)cc3)cccc21. The Kier molecular flexibility index (Phi) is 6.57. The largest absolute Gasteiger partial charge is 0.362 e. The van der Waals surface area contributed by atoms with Gasteiger partial charge in [0.25, 0.3) is 5.91 Å². The van der Waals surface area contributed by atoms with Crippen molar-refractivity contribution in [3.05, 3.63) is 88.2 Å². The average molecular weight is 463 g/mol. The molecule has 2 N–H and O–H groups in total. The fourth-order valence-corrected chi connectivity index (χ4v) is 4.03. The number of nitriles is 1. The molecule has 0 fully saturated rings. The van der Waals surface area contributed by atoms with Gasteiger partial charge in [0.05, 0.1) is 17.8 Å². The topological polar surface area (TPSA) is 85.2 Å². The third kappa shape index (κ3) is 5.13. The average Bonchev–Trinajstić information content (AvgIpc) is 2.80. The lowest BCUT2D eigenvalue weighted by Gasteiger charge is -2.32. The van der Waals surface area contributed by atoms with Crippen LogP contribution in [0.5, 0.6) is 0 Å². The second-order valence-corrected chi connectivity index (χ2v) is 8.08. The number of halogens is 2. The molecule has 166 valence electrons. The van der Waals surface area contributed by atoms with Crippen LogP contribution in [0.15, 0.2) is 60.7 Å². The van der Waals surface area contributed by atoms with Crippen molar-refractivity contribution in [1.82, 2.24) is 0 Å². The Morgan fingerprint density at radius 1 is 1.06 bits per heavy atom. The molecule has 1 aliphatic heterocycles. The van der Waals surface area contributed by atoms with Gasteiger partial charge in [-0.05, 0) is 73.0 Å². The molecule has 0 radical (unpaired) electrons. The lowest BCUT2D eigenvalue weighted by Crippen LogP contribution is -2.37. The summed E-state index contributed by atoms with van der Waals surface area (Å²) < 4.78 is 13.2. The number of benzene rings is 3. The van der Waals surface area contributed by atoms with Gasteiger partial charge in [-0.25, -0.2) is 4.39 Å². The van der Waals surface area contributed by atoms with Crippen molar-refractivity contribution >= 4 is 40.5 Å². The molecule has 8 heteroatoms. The number of amides is 2. The van der Waals surface area contributed by atoms with E-state index >= 15 is 0 Å². The van der Waals surface area contributed by atoms with Crippen LogP contribution in [-0.2, 0) is 11.2 Å². The minimum atomic E-state index is -0.405. The van der Waals surface area contributed by atoms with Gasteiger partial charge in [-0.2, -0.15) is 5.26 Å². The Labute approximate surface area is 195 Å². The molecule has 4 rings (SSSR count). The van der Waals surface area contributed by atoms with Crippen molar-refractivity contribution in [2.24, 2.45) is 0 Å². The Hall–Kier alpha value is -3.89. The Morgan fingerprint density at radius 2 is 1.85 bits per heavy atom. The van der Waals surface area contributed by atoms with Crippen LogP contribution in [0.3, 0.4) is 0 Å². The summed E-state index contributed by atoms with van der Waals surface area (Å²) in [5, 5.41) is 15.4. The molecule has 3 aromatic carbocycles. The maximum absolute atomic E-state index is 13.2. The van der Waals surface area contributed by atoms with E-state index in [9.17, 15) is 19.2 Å². The van der Waals surface area contributed by atoms with Crippen LogP contribution in [0.25, 0.3) is 0 Å². The summed E-state index contributed by atoms with van der Waals surface area (Å²) in [6, 6.07) is 17.6. The molecule has 0 aromatic heterocycles. The van der Waals surface area contributed by atoms with Crippen molar-refractivity contribution in [2.45, 2.75) is 12.8 Å². The monoisotopic (exact) mass is 462 g/mol. The summed E-state index contributed by atoms with van der Waals surface area (Å²) in [5.74, 6) is -1.01. The number of fused-ring (bicyclic) bond motifs is 1. The molecule has 0 saturated carbocycles. The van der Waals surface area contributed by atoms with Crippen LogP contribution < -0.4 is 15.5 Å². The summed E-state index contributed by atoms with van der Waals surface area (Å²) in [7, 11) is 0. The van der Waals surface area contributed by atoms with Crippen molar-refractivity contribution in [3.8, 4) is 6.07 Å². The van der Waals surface area contributed by atoms with E-state index in [1.54, 1.807) is 18.2 Å². The van der Waals surface area contributed by atoms with Crippen LogP contribution >= 0.6 is 11.6 Å². The first-order valence-electron chi connectivity index (χ1n) is 10.4. The first-order valence-corrected chi connectivity index (χ1v) is 10.8. The molecule has 1 aliphatic rings. The summed E-state index contributed by atoms with van der Waals surface area (Å²) in [5.41, 5.74) is 3.52. The molecule has 0 spiro atoms.